The fourth-order valence-corrected chi connectivity index (χ4v) is 5.44. The molecule has 0 fully saturated rings. The lowest BCUT2D eigenvalue weighted by Gasteiger charge is -2.31. The number of aromatic nitrogens is 2. The molecule has 3 heterocycles. The van der Waals surface area contributed by atoms with Gasteiger partial charge in [0.25, 0.3) is 10.0 Å². The molecule has 0 saturated heterocycles. The summed E-state index contributed by atoms with van der Waals surface area (Å²) in [4.78, 5) is 21.8. The van der Waals surface area contributed by atoms with E-state index in [1.54, 1.807) is 24.8 Å². The van der Waals surface area contributed by atoms with Crippen molar-refractivity contribution in [3.8, 4) is 11.3 Å². The van der Waals surface area contributed by atoms with Gasteiger partial charge in [-0.05, 0) is 75.1 Å². The Kier molecular flexibility index (Phi) is 8.06. The van der Waals surface area contributed by atoms with E-state index in [4.69, 9.17) is 0 Å². The number of aliphatic carboxylic acids is 1. The van der Waals surface area contributed by atoms with E-state index in [1.165, 1.54) is 18.2 Å². The normalized spacial score (nSPS) is 16.1. The van der Waals surface area contributed by atoms with Crippen LogP contribution in [-0.4, -0.2) is 42.6 Å². The highest BCUT2D eigenvalue weighted by Gasteiger charge is 2.36. The molecular formula is C27H28F4N4O4S. The smallest absolute Gasteiger partial charge is 0.418 e. The molecule has 1 aromatic carbocycles. The minimum absolute atomic E-state index is 0.0538. The number of anilines is 2. The third-order valence-electron chi connectivity index (χ3n) is 6.61. The number of hydrogen-bond acceptors (Lipinski definition) is 6. The number of carboxylic acids is 1. The van der Waals surface area contributed by atoms with Crippen molar-refractivity contribution in [3.63, 3.8) is 0 Å². The van der Waals surface area contributed by atoms with Crippen LogP contribution in [0.5, 0.6) is 0 Å². The zero-order valence-corrected chi connectivity index (χ0v) is 22.6. The summed E-state index contributed by atoms with van der Waals surface area (Å²) in [5.41, 5.74) is -2.52. The lowest BCUT2D eigenvalue weighted by atomic mass is 9.93. The molecule has 0 saturated carbocycles. The Morgan fingerprint density at radius 2 is 1.80 bits per heavy atom. The van der Waals surface area contributed by atoms with Crippen molar-refractivity contribution in [2.24, 2.45) is 5.41 Å². The van der Waals surface area contributed by atoms with Gasteiger partial charge < -0.3 is 10.0 Å². The molecule has 8 nitrogen and oxygen atoms in total. The zero-order valence-electron chi connectivity index (χ0n) is 21.8. The maximum atomic E-state index is 14.3. The van der Waals surface area contributed by atoms with Crippen LogP contribution in [0.25, 0.3) is 11.3 Å². The van der Waals surface area contributed by atoms with E-state index in [2.05, 4.69) is 14.7 Å². The second-order valence-electron chi connectivity index (χ2n) is 10.3. The number of rotatable bonds is 3. The lowest BCUT2D eigenvalue weighted by molar-refractivity contribution is -0.146. The molecule has 2 N–H and O–H groups in total. The third kappa shape index (κ3) is 6.52. The number of carbonyl (C=O) groups is 1. The number of sulfonamides is 1. The monoisotopic (exact) mass is 580 g/mol. The number of hydrogen-bond donors (Lipinski definition) is 2. The highest BCUT2D eigenvalue weighted by atomic mass is 32.2. The number of alkyl halides is 3. The Balaban J connectivity index is 1.85. The molecule has 0 unspecified atom stereocenters. The first-order valence-electron chi connectivity index (χ1n) is 12.5. The number of halogens is 4. The van der Waals surface area contributed by atoms with Crippen LogP contribution >= 0.6 is 0 Å². The van der Waals surface area contributed by atoms with Gasteiger partial charge in [0.1, 0.15) is 17.5 Å². The van der Waals surface area contributed by atoms with Gasteiger partial charge in [-0.2, -0.15) is 21.6 Å². The Morgan fingerprint density at radius 1 is 1.05 bits per heavy atom. The van der Waals surface area contributed by atoms with Gasteiger partial charge in [0.2, 0.25) is 0 Å². The van der Waals surface area contributed by atoms with E-state index in [0.717, 1.165) is 18.2 Å². The molecule has 2 aromatic heterocycles. The molecule has 0 radical (unpaired) electrons. The van der Waals surface area contributed by atoms with E-state index in [0.29, 0.717) is 43.9 Å². The van der Waals surface area contributed by atoms with E-state index in [-0.39, 0.29) is 17.9 Å². The number of carboxylic acid groups (broad SMARTS) is 1. The molecular weight excluding hydrogens is 552 g/mol. The molecule has 4 rings (SSSR count). The van der Waals surface area contributed by atoms with Crippen molar-refractivity contribution in [3.05, 3.63) is 65.5 Å². The van der Waals surface area contributed by atoms with Crippen molar-refractivity contribution in [1.29, 1.82) is 0 Å². The maximum absolute atomic E-state index is 14.3. The van der Waals surface area contributed by atoms with Crippen LogP contribution in [-0.2, 0) is 27.4 Å². The summed E-state index contributed by atoms with van der Waals surface area (Å²) in [6.45, 7) is 3.52. The molecule has 0 atom stereocenters. The summed E-state index contributed by atoms with van der Waals surface area (Å²) < 4.78 is 84.7. The Labute approximate surface area is 229 Å². The Morgan fingerprint density at radius 3 is 2.50 bits per heavy atom. The van der Waals surface area contributed by atoms with Crippen molar-refractivity contribution >= 4 is 27.6 Å². The maximum Gasteiger partial charge on any atom is 0.418 e. The number of pyridine rings is 2. The van der Waals surface area contributed by atoms with Gasteiger partial charge in [-0.1, -0.05) is 18.6 Å². The molecule has 0 amide bonds. The van der Waals surface area contributed by atoms with Crippen molar-refractivity contribution in [2.75, 3.05) is 22.7 Å². The summed E-state index contributed by atoms with van der Waals surface area (Å²) in [5.74, 6) is -1.95. The molecule has 1 aliphatic heterocycles. The quantitative estimate of drug-likeness (QED) is 0.380. The van der Waals surface area contributed by atoms with E-state index in [9.17, 15) is 35.9 Å². The van der Waals surface area contributed by atoms with Crippen LogP contribution in [0.1, 0.15) is 44.2 Å². The lowest BCUT2D eigenvalue weighted by Crippen LogP contribution is -2.40. The van der Waals surface area contributed by atoms with Crippen LogP contribution in [0.2, 0.25) is 0 Å². The molecule has 1 aliphatic rings. The third-order valence-corrected chi connectivity index (χ3v) is 7.87. The van der Waals surface area contributed by atoms with Crippen molar-refractivity contribution in [1.82, 2.24) is 9.97 Å². The van der Waals surface area contributed by atoms with E-state index < -0.39 is 55.5 Å². The molecule has 4 bridgehead atoms. The van der Waals surface area contributed by atoms with Gasteiger partial charge in [0, 0.05) is 18.7 Å². The first kappa shape index (κ1) is 29.2. The van der Waals surface area contributed by atoms with Gasteiger partial charge in [-0.25, -0.2) is 14.4 Å². The number of nitrogens with one attached hydrogen (secondary N) is 1. The molecule has 0 spiro atoms. The minimum atomic E-state index is -4.83. The largest absolute Gasteiger partial charge is 0.481 e. The van der Waals surface area contributed by atoms with E-state index >= 15 is 0 Å². The standard InChI is InChI=1S/C27H28F4N4O4S/c1-26(2,25(36)37)16-35-14-5-3-4-7-17-10-11-18(28)15-19(17)24-20(27(29,30)31)12-13-21(32-24)34-40(38,39)23-9-6-8-22(35)33-23/h6,8-13,15H,3-5,7,14,16H2,1-2H3,(H,32,34)(H,36,37). The van der Waals surface area contributed by atoms with Crippen LogP contribution in [0.4, 0.5) is 29.2 Å². The number of fused-ring (bicyclic) bond motifs is 6. The zero-order chi connectivity index (χ0) is 29.3. The van der Waals surface area contributed by atoms with Gasteiger partial charge in [-0.15, -0.1) is 0 Å². The summed E-state index contributed by atoms with van der Waals surface area (Å²) in [6.07, 6.45) is -2.79. The topological polar surface area (TPSA) is 112 Å². The van der Waals surface area contributed by atoms with Crippen molar-refractivity contribution in [2.45, 2.75) is 50.7 Å². The molecule has 0 aliphatic carbocycles. The number of benzene rings is 1. The average Bonchev–Trinajstić information content (AvgIpc) is 2.87. The predicted octanol–water partition coefficient (Wildman–Crippen LogP) is 5.75. The predicted molar refractivity (Wildman–Crippen MR) is 141 cm³/mol. The molecule has 3 aromatic rings. The molecule has 40 heavy (non-hydrogen) atoms. The van der Waals surface area contributed by atoms with Crippen LogP contribution in [0.3, 0.4) is 0 Å². The Hall–Kier alpha value is -3.74. The number of aryl methyl sites for hydroxylation is 1. The molecule has 13 heteroatoms. The second-order valence-corrected chi connectivity index (χ2v) is 11.9. The number of nitrogens with zero attached hydrogens (tertiary/aromatic N) is 3. The average molecular weight is 581 g/mol. The van der Waals surface area contributed by atoms with Gasteiger partial charge in [0.15, 0.2) is 5.03 Å². The van der Waals surface area contributed by atoms with Crippen LogP contribution in [0.15, 0.2) is 53.6 Å². The van der Waals surface area contributed by atoms with Gasteiger partial charge in [-0.3, -0.25) is 9.52 Å². The highest BCUT2D eigenvalue weighted by Crippen LogP contribution is 2.39. The SMILES string of the molecule is CC(C)(CN1CCCCCc2ccc(F)cc2-c2nc(ccc2C(F)(F)F)NS(=O)(=O)c2cccc1n2)C(=O)O. The van der Waals surface area contributed by atoms with Gasteiger partial charge in [0.05, 0.1) is 16.7 Å². The fraction of sp³-hybridized carbons (Fsp3) is 0.370. The van der Waals surface area contributed by atoms with Crippen LogP contribution < -0.4 is 9.62 Å². The second kappa shape index (κ2) is 11.0. The van der Waals surface area contributed by atoms with Gasteiger partial charge >= 0.3 is 12.1 Å². The molecule has 214 valence electrons. The summed E-state index contributed by atoms with van der Waals surface area (Å²) >= 11 is 0. The summed E-state index contributed by atoms with van der Waals surface area (Å²) in [7, 11) is -4.42. The van der Waals surface area contributed by atoms with Crippen molar-refractivity contribution < 1.29 is 35.9 Å². The highest BCUT2D eigenvalue weighted by molar-refractivity contribution is 7.92. The first-order valence-corrected chi connectivity index (χ1v) is 14.0. The van der Waals surface area contributed by atoms with E-state index in [1.807, 2.05) is 0 Å². The minimum Gasteiger partial charge on any atom is -0.481 e. The van der Waals surface area contributed by atoms with Crippen LogP contribution in [0, 0.1) is 11.2 Å². The first-order chi connectivity index (χ1) is 18.7. The fourth-order valence-electron chi connectivity index (χ4n) is 4.47. The Bertz CT molecular complexity index is 1530. The summed E-state index contributed by atoms with van der Waals surface area (Å²) in [5, 5.41) is 9.23. The summed E-state index contributed by atoms with van der Waals surface area (Å²) in [6, 6.07) is 9.35.